The zero-order valence-electron chi connectivity index (χ0n) is 10.9. The second-order valence-corrected chi connectivity index (χ2v) is 6.60. The maximum Gasteiger partial charge on any atom is 0.107 e. The molecule has 2 nitrogen and oxygen atoms in total. The first-order valence-electron chi connectivity index (χ1n) is 6.10. The van der Waals surface area contributed by atoms with E-state index in [1.165, 1.54) is 4.88 Å². The number of rotatable bonds is 6. The monoisotopic (exact) mass is 319 g/mol. The maximum atomic E-state index is 6.17. The highest BCUT2D eigenvalue weighted by Gasteiger charge is 2.24. The van der Waals surface area contributed by atoms with Crippen LogP contribution in [0.25, 0.3) is 0 Å². The van der Waals surface area contributed by atoms with Crippen LogP contribution in [0.2, 0.25) is 0 Å². The predicted molar refractivity (Wildman–Crippen MR) is 78.4 cm³/mol. The van der Waals surface area contributed by atoms with E-state index >= 15 is 0 Å². The summed E-state index contributed by atoms with van der Waals surface area (Å²) >= 11 is 5.18. The van der Waals surface area contributed by atoms with Gasteiger partial charge >= 0.3 is 0 Å². The Morgan fingerprint density at radius 2 is 2.06 bits per heavy atom. The third-order valence-electron chi connectivity index (χ3n) is 3.03. The van der Waals surface area contributed by atoms with Gasteiger partial charge in [-0.15, -0.1) is 11.3 Å². The predicted octanol–water partition coefficient (Wildman–Crippen LogP) is 4.35. The molecule has 0 amide bonds. The molecule has 0 saturated heterocycles. The van der Waals surface area contributed by atoms with Crippen molar-refractivity contribution in [1.82, 2.24) is 0 Å². The molecule has 3 atom stereocenters. The fourth-order valence-electron chi connectivity index (χ4n) is 1.46. The SMILES string of the molecule is CCC(N)C(OC(C)C(C)C)c1cc(Br)cs1. The number of thiophene rings is 1. The average molecular weight is 320 g/mol. The fourth-order valence-corrected chi connectivity index (χ4v) is 3.01. The van der Waals surface area contributed by atoms with E-state index in [9.17, 15) is 0 Å². The van der Waals surface area contributed by atoms with E-state index in [-0.39, 0.29) is 18.2 Å². The van der Waals surface area contributed by atoms with Crippen LogP contribution in [0.3, 0.4) is 0 Å². The highest BCUT2D eigenvalue weighted by Crippen LogP contribution is 2.32. The van der Waals surface area contributed by atoms with E-state index < -0.39 is 0 Å². The molecule has 1 aromatic rings. The van der Waals surface area contributed by atoms with Gasteiger partial charge in [-0.3, -0.25) is 0 Å². The van der Waals surface area contributed by atoms with Crippen LogP contribution in [-0.4, -0.2) is 12.1 Å². The molecule has 0 aliphatic carbocycles. The van der Waals surface area contributed by atoms with Crippen molar-refractivity contribution in [3.8, 4) is 0 Å². The topological polar surface area (TPSA) is 35.2 Å². The Hall–Kier alpha value is 0.1000. The van der Waals surface area contributed by atoms with E-state index in [1.807, 2.05) is 0 Å². The van der Waals surface area contributed by atoms with Crippen molar-refractivity contribution in [2.45, 2.75) is 52.4 Å². The third-order valence-corrected chi connectivity index (χ3v) is 4.78. The van der Waals surface area contributed by atoms with E-state index in [1.54, 1.807) is 11.3 Å². The molecule has 4 heteroatoms. The summed E-state index contributed by atoms with van der Waals surface area (Å²) in [5, 5.41) is 2.08. The number of ether oxygens (including phenoxy) is 1. The van der Waals surface area contributed by atoms with Gasteiger partial charge in [-0.1, -0.05) is 20.8 Å². The van der Waals surface area contributed by atoms with Crippen LogP contribution < -0.4 is 5.73 Å². The first-order chi connectivity index (χ1) is 7.95. The molecule has 0 bridgehead atoms. The third kappa shape index (κ3) is 4.36. The molecule has 2 N–H and O–H groups in total. The highest BCUT2D eigenvalue weighted by atomic mass is 79.9. The van der Waals surface area contributed by atoms with Gasteiger partial charge in [-0.25, -0.2) is 0 Å². The first kappa shape index (κ1) is 15.2. The van der Waals surface area contributed by atoms with Crippen molar-refractivity contribution in [2.24, 2.45) is 11.7 Å². The summed E-state index contributed by atoms with van der Waals surface area (Å²) in [7, 11) is 0. The molecule has 1 heterocycles. The smallest absolute Gasteiger partial charge is 0.107 e. The zero-order valence-corrected chi connectivity index (χ0v) is 13.3. The van der Waals surface area contributed by atoms with Gasteiger partial charge in [0.15, 0.2) is 0 Å². The molecular weight excluding hydrogens is 298 g/mol. The molecule has 1 rings (SSSR count). The van der Waals surface area contributed by atoms with E-state index in [2.05, 4.69) is 55.1 Å². The van der Waals surface area contributed by atoms with Crippen LogP contribution in [0, 0.1) is 5.92 Å². The Morgan fingerprint density at radius 1 is 1.41 bits per heavy atom. The van der Waals surface area contributed by atoms with Crippen molar-refractivity contribution in [2.75, 3.05) is 0 Å². The van der Waals surface area contributed by atoms with Crippen LogP contribution in [0.1, 0.15) is 45.1 Å². The summed E-state index contributed by atoms with van der Waals surface area (Å²) in [5.41, 5.74) is 6.17. The minimum Gasteiger partial charge on any atom is -0.368 e. The molecular formula is C13H22BrNOS. The number of hydrogen-bond donors (Lipinski definition) is 1. The lowest BCUT2D eigenvalue weighted by molar-refractivity contribution is -0.0377. The Morgan fingerprint density at radius 3 is 2.47 bits per heavy atom. The lowest BCUT2D eigenvalue weighted by Crippen LogP contribution is -2.32. The average Bonchev–Trinajstić information content (AvgIpc) is 2.70. The number of hydrogen-bond acceptors (Lipinski definition) is 3. The normalized spacial score (nSPS) is 17.1. The highest BCUT2D eigenvalue weighted by molar-refractivity contribution is 9.10. The standard InChI is InChI=1S/C13H22BrNOS/c1-5-11(15)13(16-9(4)8(2)3)12-6-10(14)7-17-12/h6-9,11,13H,5,15H2,1-4H3. The number of nitrogens with two attached hydrogens (primary N) is 1. The quantitative estimate of drug-likeness (QED) is 0.846. The molecule has 0 saturated carbocycles. The molecule has 3 unspecified atom stereocenters. The number of halogens is 1. The van der Waals surface area contributed by atoms with E-state index in [4.69, 9.17) is 10.5 Å². The Balaban J connectivity index is 2.81. The first-order valence-corrected chi connectivity index (χ1v) is 7.77. The lowest BCUT2D eigenvalue weighted by Gasteiger charge is -2.28. The molecule has 0 spiro atoms. The van der Waals surface area contributed by atoms with Crippen molar-refractivity contribution >= 4 is 27.3 Å². The van der Waals surface area contributed by atoms with Gasteiger partial charge in [0, 0.05) is 20.8 Å². The van der Waals surface area contributed by atoms with Gasteiger partial charge in [0.05, 0.1) is 6.10 Å². The van der Waals surface area contributed by atoms with Crippen molar-refractivity contribution in [3.63, 3.8) is 0 Å². The Labute approximate surface area is 117 Å². The van der Waals surface area contributed by atoms with Gasteiger partial charge in [-0.2, -0.15) is 0 Å². The van der Waals surface area contributed by atoms with Gasteiger partial charge in [0.25, 0.3) is 0 Å². The summed E-state index contributed by atoms with van der Waals surface area (Å²) in [5.74, 6) is 0.505. The minimum absolute atomic E-state index is 0.00806. The Bertz CT molecular complexity index is 340. The molecule has 0 aromatic carbocycles. The largest absolute Gasteiger partial charge is 0.368 e. The van der Waals surface area contributed by atoms with E-state index in [0.717, 1.165) is 10.9 Å². The van der Waals surface area contributed by atoms with Gasteiger partial charge in [0.1, 0.15) is 6.10 Å². The van der Waals surface area contributed by atoms with E-state index in [0.29, 0.717) is 5.92 Å². The minimum atomic E-state index is 0.00806. The second-order valence-electron chi connectivity index (χ2n) is 4.75. The Kier molecular flexibility index (Phi) is 6.13. The van der Waals surface area contributed by atoms with Gasteiger partial charge < -0.3 is 10.5 Å². The van der Waals surface area contributed by atoms with Crippen LogP contribution in [0.4, 0.5) is 0 Å². The maximum absolute atomic E-state index is 6.17. The molecule has 17 heavy (non-hydrogen) atoms. The van der Waals surface area contributed by atoms with Crippen LogP contribution in [-0.2, 0) is 4.74 Å². The summed E-state index contributed by atoms with van der Waals surface area (Å²) < 4.78 is 7.23. The molecule has 0 radical (unpaired) electrons. The van der Waals surface area contributed by atoms with Crippen LogP contribution in [0.5, 0.6) is 0 Å². The summed E-state index contributed by atoms with van der Waals surface area (Å²) in [6.45, 7) is 8.56. The molecule has 0 fully saturated rings. The second kappa shape index (κ2) is 6.88. The zero-order chi connectivity index (χ0) is 13.0. The van der Waals surface area contributed by atoms with Crippen molar-refractivity contribution < 1.29 is 4.74 Å². The molecule has 98 valence electrons. The van der Waals surface area contributed by atoms with Crippen LogP contribution in [0.15, 0.2) is 15.9 Å². The van der Waals surface area contributed by atoms with Crippen LogP contribution >= 0.6 is 27.3 Å². The van der Waals surface area contributed by atoms with Gasteiger partial charge in [-0.05, 0) is 41.3 Å². The lowest BCUT2D eigenvalue weighted by atomic mass is 10.1. The molecule has 1 aromatic heterocycles. The fraction of sp³-hybridized carbons (Fsp3) is 0.692. The molecule has 0 aliphatic heterocycles. The van der Waals surface area contributed by atoms with Crippen molar-refractivity contribution in [1.29, 1.82) is 0 Å². The molecule has 0 aliphatic rings. The summed E-state index contributed by atoms with van der Waals surface area (Å²) in [6, 6.07) is 2.17. The summed E-state index contributed by atoms with van der Waals surface area (Å²) in [4.78, 5) is 1.21. The van der Waals surface area contributed by atoms with Crippen molar-refractivity contribution in [3.05, 3.63) is 20.8 Å². The van der Waals surface area contributed by atoms with Gasteiger partial charge in [0.2, 0.25) is 0 Å². The summed E-state index contributed by atoms with van der Waals surface area (Å²) in [6.07, 6.45) is 1.15.